The lowest BCUT2D eigenvalue weighted by molar-refractivity contribution is -0.123. The molecule has 6 nitrogen and oxygen atoms in total. The van der Waals surface area contributed by atoms with Gasteiger partial charge in [0.25, 0.3) is 11.5 Å². The predicted octanol–water partition coefficient (Wildman–Crippen LogP) is 3.70. The maximum atomic E-state index is 13.0. The van der Waals surface area contributed by atoms with Crippen LogP contribution in [0.3, 0.4) is 0 Å². The van der Waals surface area contributed by atoms with E-state index in [-0.39, 0.29) is 11.5 Å². The number of thiophene rings is 1. The topological polar surface area (TPSA) is 76.3 Å². The summed E-state index contributed by atoms with van der Waals surface area (Å²) in [5.74, 6) is -0.384. The molecule has 0 saturated carbocycles. The van der Waals surface area contributed by atoms with Gasteiger partial charge in [0.15, 0.2) is 0 Å². The average molecular weight is 415 g/mol. The first-order valence-corrected chi connectivity index (χ1v) is 10.3. The molecule has 4 rings (SSSR count). The van der Waals surface area contributed by atoms with Crippen molar-refractivity contribution < 1.29 is 4.79 Å². The minimum Gasteiger partial charge on any atom is -0.286 e. The molecule has 0 saturated heterocycles. The quantitative estimate of drug-likeness (QED) is 0.522. The standard InChI is InChI=1S/C20H19ClN4O2S/c1-12(18(26)24-23-10-13-5-4-6-14(21)9-13)25-11-22-19-17(20(25)27)15-7-2-3-8-16(15)28-19/h4-6,9-12H,2-3,7-8H2,1H3,(H,24,26). The number of benzene rings is 1. The number of nitrogens with one attached hydrogen (secondary N) is 1. The summed E-state index contributed by atoms with van der Waals surface area (Å²) in [5.41, 5.74) is 4.21. The summed E-state index contributed by atoms with van der Waals surface area (Å²) in [6.07, 6.45) is 7.11. The number of nitrogens with zero attached hydrogens (tertiary/aromatic N) is 3. The Morgan fingerprint density at radius 2 is 2.21 bits per heavy atom. The summed E-state index contributed by atoms with van der Waals surface area (Å²) < 4.78 is 1.38. The summed E-state index contributed by atoms with van der Waals surface area (Å²) >= 11 is 7.53. The maximum absolute atomic E-state index is 13.0. The van der Waals surface area contributed by atoms with Crippen molar-refractivity contribution in [3.05, 3.63) is 62.0 Å². The molecule has 0 fully saturated rings. The lowest BCUT2D eigenvalue weighted by Crippen LogP contribution is -2.34. The predicted molar refractivity (Wildman–Crippen MR) is 112 cm³/mol. The molecule has 0 radical (unpaired) electrons. The number of carbonyl (C=O) groups excluding carboxylic acids is 1. The average Bonchev–Trinajstić information content (AvgIpc) is 3.07. The van der Waals surface area contributed by atoms with Crippen molar-refractivity contribution in [3.63, 3.8) is 0 Å². The van der Waals surface area contributed by atoms with E-state index in [1.165, 1.54) is 22.0 Å². The van der Waals surface area contributed by atoms with Gasteiger partial charge in [-0.05, 0) is 55.9 Å². The highest BCUT2D eigenvalue weighted by Gasteiger charge is 2.23. The SMILES string of the molecule is CC(C(=O)NN=Cc1cccc(Cl)c1)n1cnc2sc3c(c2c1=O)CCCC3. The summed E-state index contributed by atoms with van der Waals surface area (Å²) in [6.45, 7) is 1.66. The van der Waals surface area contributed by atoms with Crippen molar-refractivity contribution in [1.29, 1.82) is 0 Å². The molecule has 1 atom stereocenters. The van der Waals surface area contributed by atoms with E-state index < -0.39 is 6.04 Å². The van der Waals surface area contributed by atoms with Crippen molar-refractivity contribution in [2.75, 3.05) is 0 Å². The molecule has 8 heteroatoms. The Hall–Kier alpha value is -2.51. The number of hydrazone groups is 1. The van der Waals surface area contributed by atoms with Crippen LogP contribution in [0.25, 0.3) is 10.2 Å². The monoisotopic (exact) mass is 414 g/mol. The lowest BCUT2D eigenvalue weighted by Gasteiger charge is -2.14. The first kappa shape index (κ1) is 18.8. The second-order valence-corrected chi connectivity index (χ2v) is 8.33. The first-order chi connectivity index (χ1) is 13.5. The molecule has 1 N–H and O–H groups in total. The minimum absolute atomic E-state index is 0.161. The summed E-state index contributed by atoms with van der Waals surface area (Å²) in [6, 6.07) is 6.41. The smallest absolute Gasteiger partial charge is 0.263 e. The highest BCUT2D eigenvalue weighted by atomic mass is 35.5. The molecule has 2 heterocycles. The van der Waals surface area contributed by atoms with Gasteiger partial charge in [0.2, 0.25) is 0 Å². The molecule has 1 aliphatic carbocycles. The van der Waals surface area contributed by atoms with Gasteiger partial charge in [-0.1, -0.05) is 23.7 Å². The van der Waals surface area contributed by atoms with Crippen LogP contribution in [0.1, 0.15) is 41.8 Å². The van der Waals surface area contributed by atoms with Crippen LogP contribution >= 0.6 is 22.9 Å². The van der Waals surface area contributed by atoms with Crippen molar-refractivity contribution in [3.8, 4) is 0 Å². The van der Waals surface area contributed by atoms with Crippen LogP contribution in [0, 0.1) is 0 Å². The molecule has 144 valence electrons. The summed E-state index contributed by atoms with van der Waals surface area (Å²) in [4.78, 5) is 32.0. The molecule has 1 amide bonds. The zero-order chi connectivity index (χ0) is 19.7. The zero-order valence-electron chi connectivity index (χ0n) is 15.3. The fourth-order valence-corrected chi connectivity index (χ4v) is 4.83. The van der Waals surface area contributed by atoms with Crippen LogP contribution < -0.4 is 11.0 Å². The van der Waals surface area contributed by atoms with Gasteiger partial charge < -0.3 is 0 Å². The zero-order valence-corrected chi connectivity index (χ0v) is 16.9. The van der Waals surface area contributed by atoms with E-state index in [1.54, 1.807) is 36.5 Å². The second kappa shape index (κ2) is 7.85. The molecule has 1 aromatic carbocycles. The van der Waals surface area contributed by atoms with E-state index >= 15 is 0 Å². The minimum atomic E-state index is -0.722. The first-order valence-electron chi connectivity index (χ1n) is 9.14. The van der Waals surface area contributed by atoms with Gasteiger partial charge >= 0.3 is 0 Å². The Labute approximate surface area is 170 Å². The molecule has 0 spiro atoms. The number of fused-ring (bicyclic) bond motifs is 3. The molecule has 1 unspecified atom stereocenters. The van der Waals surface area contributed by atoms with Crippen molar-refractivity contribution >= 4 is 45.3 Å². The van der Waals surface area contributed by atoms with E-state index in [1.807, 2.05) is 6.07 Å². The van der Waals surface area contributed by atoms with Gasteiger partial charge in [0, 0.05) is 9.90 Å². The summed E-state index contributed by atoms with van der Waals surface area (Å²) in [7, 11) is 0. The van der Waals surface area contributed by atoms with Crippen LogP contribution in [0.5, 0.6) is 0 Å². The molecule has 1 aliphatic rings. The fourth-order valence-electron chi connectivity index (χ4n) is 3.41. The molecule has 28 heavy (non-hydrogen) atoms. The largest absolute Gasteiger partial charge is 0.286 e. The van der Waals surface area contributed by atoms with Crippen molar-refractivity contribution in [2.45, 2.75) is 38.6 Å². The molecule has 2 aromatic heterocycles. The van der Waals surface area contributed by atoms with Crippen LogP contribution in [-0.2, 0) is 17.6 Å². The number of rotatable bonds is 4. The van der Waals surface area contributed by atoms with E-state index in [0.29, 0.717) is 10.4 Å². The Morgan fingerprint density at radius 3 is 3.04 bits per heavy atom. The number of aromatic nitrogens is 2. The van der Waals surface area contributed by atoms with Gasteiger partial charge in [0.05, 0.1) is 17.9 Å². The molecule has 0 bridgehead atoms. The molecule has 0 aliphatic heterocycles. The van der Waals surface area contributed by atoms with Gasteiger partial charge in [-0.2, -0.15) is 5.10 Å². The third-order valence-corrected chi connectivity index (χ3v) is 6.37. The van der Waals surface area contributed by atoms with Crippen LogP contribution in [0.15, 0.2) is 40.5 Å². The fraction of sp³-hybridized carbons (Fsp3) is 0.300. The highest BCUT2D eigenvalue weighted by molar-refractivity contribution is 7.18. The van der Waals surface area contributed by atoms with Gasteiger partial charge in [0.1, 0.15) is 10.9 Å². The molecule has 3 aromatic rings. The van der Waals surface area contributed by atoms with Crippen LogP contribution in [-0.4, -0.2) is 21.7 Å². The number of halogens is 1. The third-order valence-electron chi connectivity index (χ3n) is 4.93. The second-order valence-electron chi connectivity index (χ2n) is 6.81. The third kappa shape index (κ3) is 3.59. The normalized spacial score (nSPS) is 14.9. The highest BCUT2D eigenvalue weighted by Crippen LogP contribution is 2.33. The van der Waals surface area contributed by atoms with Gasteiger partial charge in [-0.25, -0.2) is 10.4 Å². The number of hydrogen-bond acceptors (Lipinski definition) is 5. The van der Waals surface area contributed by atoms with Crippen molar-refractivity contribution in [2.24, 2.45) is 5.10 Å². The summed E-state index contributed by atoms with van der Waals surface area (Å²) in [5, 5.41) is 5.23. The lowest BCUT2D eigenvalue weighted by atomic mass is 9.97. The number of amides is 1. The van der Waals surface area contributed by atoms with Crippen molar-refractivity contribution in [1.82, 2.24) is 15.0 Å². The Kier molecular flexibility index (Phi) is 5.28. The van der Waals surface area contributed by atoms with Gasteiger partial charge in [-0.3, -0.25) is 14.2 Å². The maximum Gasteiger partial charge on any atom is 0.263 e. The van der Waals surface area contributed by atoms with E-state index in [4.69, 9.17) is 11.6 Å². The number of aryl methyl sites for hydroxylation is 2. The Morgan fingerprint density at radius 1 is 1.39 bits per heavy atom. The molecular formula is C20H19ClN4O2S. The van der Waals surface area contributed by atoms with E-state index in [9.17, 15) is 9.59 Å². The van der Waals surface area contributed by atoms with Gasteiger partial charge in [-0.15, -0.1) is 11.3 Å². The Bertz CT molecular complexity index is 1130. The van der Waals surface area contributed by atoms with Crippen LogP contribution in [0.4, 0.5) is 0 Å². The number of carbonyl (C=O) groups is 1. The van der Waals surface area contributed by atoms with E-state index in [0.717, 1.165) is 41.6 Å². The molecular weight excluding hydrogens is 396 g/mol. The van der Waals surface area contributed by atoms with Crippen LogP contribution in [0.2, 0.25) is 5.02 Å². The Balaban J connectivity index is 1.56. The van der Waals surface area contributed by atoms with E-state index in [2.05, 4.69) is 15.5 Å². The number of hydrogen-bond donors (Lipinski definition) is 1.